The molecule has 126 valence electrons. The number of halogens is 1. The lowest BCUT2D eigenvalue weighted by Crippen LogP contribution is -2.20. The summed E-state index contributed by atoms with van der Waals surface area (Å²) in [5, 5.41) is 7.92. The van der Waals surface area contributed by atoms with Gasteiger partial charge in [-0.2, -0.15) is 5.10 Å². The number of aromatic nitrogens is 2. The van der Waals surface area contributed by atoms with Crippen LogP contribution in [0.25, 0.3) is 0 Å². The van der Waals surface area contributed by atoms with E-state index in [-0.39, 0.29) is 11.2 Å². The fourth-order valence-corrected chi connectivity index (χ4v) is 4.99. The molecule has 24 heavy (non-hydrogen) atoms. The van der Waals surface area contributed by atoms with Gasteiger partial charge in [-0.05, 0) is 30.5 Å². The van der Waals surface area contributed by atoms with Crippen LogP contribution in [-0.2, 0) is 4.79 Å². The van der Waals surface area contributed by atoms with Crippen molar-refractivity contribution in [2.45, 2.75) is 43.4 Å². The number of nitrogens with one attached hydrogen (secondary N) is 1. The van der Waals surface area contributed by atoms with Gasteiger partial charge in [0.1, 0.15) is 5.82 Å². The van der Waals surface area contributed by atoms with E-state index in [1.54, 1.807) is 11.8 Å². The molecule has 0 radical (unpaired) electrons. The molecule has 1 aliphatic heterocycles. The van der Waals surface area contributed by atoms with Crippen LogP contribution in [0.2, 0.25) is 0 Å². The van der Waals surface area contributed by atoms with Gasteiger partial charge in [0.25, 0.3) is 0 Å². The van der Waals surface area contributed by atoms with Gasteiger partial charge in [-0.15, -0.1) is 11.8 Å². The highest BCUT2D eigenvalue weighted by atomic mass is 79.9. The van der Waals surface area contributed by atoms with Crippen LogP contribution in [0.3, 0.4) is 0 Å². The summed E-state index contributed by atoms with van der Waals surface area (Å²) in [6.07, 6.45) is 8.06. The Balaban J connectivity index is 1.73. The van der Waals surface area contributed by atoms with Gasteiger partial charge in [-0.25, -0.2) is 4.68 Å². The Kier molecular flexibility index (Phi) is 4.68. The summed E-state index contributed by atoms with van der Waals surface area (Å²) < 4.78 is 3.14. The highest BCUT2D eigenvalue weighted by Gasteiger charge is 2.30. The first-order chi connectivity index (χ1) is 11.7. The first-order valence-corrected chi connectivity index (χ1v) is 10.3. The summed E-state index contributed by atoms with van der Waals surface area (Å²) in [5.41, 5.74) is 2.34. The van der Waals surface area contributed by atoms with E-state index in [1.165, 1.54) is 24.8 Å². The molecule has 1 aromatic heterocycles. The van der Waals surface area contributed by atoms with Gasteiger partial charge in [0, 0.05) is 10.0 Å². The van der Waals surface area contributed by atoms with Gasteiger partial charge in [0.05, 0.1) is 23.2 Å². The van der Waals surface area contributed by atoms with E-state index >= 15 is 0 Å². The number of carbonyl (C=O) groups is 1. The van der Waals surface area contributed by atoms with E-state index in [9.17, 15) is 4.79 Å². The lowest BCUT2D eigenvalue weighted by Gasteiger charge is -2.24. The maximum Gasteiger partial charge on any atom is 0.235 e. The summed E-state index contributed by atoms with van der Waals surface area (Å²) in [7, 11) is 0. The molecule has 2 aliphatic rings. The predicted octanol–water partition coefficient (Wildman–Crippen LogP) is 4.93. The molecule has 0 bridgehead atoms. The number of rotatable bonds is 2. The average Bonchev–Trinajstić information content (AvgIpc) is 2.93. The van der Waals surface area contributed by atoms with Crippen molar-refractivity contribution in [3.05, 3.63) is 46.1 Å². The maximum absolute atomic E-state index is 12.2. The Labute approximate surface area is 154 Å². The number of hydrogen-bond donors (Lipinski definition) is 1. The van der Waals surface area contributed by atoms with Crippen LogP contribution in [0.1, 0.15) is 54.5 Å². The molecule has 0 saturated heterocycles. The molecule has 1 aliphatic carbocycles. The zero-order valence-corrected chi connectivity index (χ0v) is 15.8. The number of benzene rings is 1. The summed E-state index contributed by atoms with van der Waals surface area (Å²) in [5.74, 6) is 1.45. The molecule has 4 rings (SSSR count). The van der Waals surface area contributed by atoms with Crippen molar-refractivity contribution >= 4 is 39.4 Å². The van der Waals surface area contributed by atoms with Crippen molar-refractivity contribution in [1.82, 2.24) is 9.78 Å². The third kappa shape index (κ3) is 3.14. The molecule has 1 N–H and O–H groups in total. The van der Waals surface area contributed by atoms with E-state index < -0.39 is 0 Å². The van der Waals surface area contributed by atoms with Gasteiger partial charge < -0.3 is 5.32 Å². The standard InChI is InChI=1S/C18H20BrN3OS/c19-13-8-6-12(7-9-13)17-15-10-20-22(14-4-2-1-3-5-14)18(15)21-16(23)11-24-17/h6-10,14,17H,1-5,11H2,(H,21,23)/t17-/m1/s1. The van der Waals surface area contributed by atoms with Crippen LogP contribution in [0.5, 0.6) is 0 Å². The van der Waals surface area contributed by atoms with Crippen LogP contribution in [0, 0.1) is 0 Å². The Morgan fingerprint density at radius 3 is 2.67 bits per heavy atom. The Hall–Kier alpha value is -1.27. The maximum atomic E-state index is 12.2. The summed E-state index contributed by atoms with van der Waals surface area (Å²) >= 11 is 5.17. The summed E-state index contributed by atoms with van der Waals surface area (Å²) in [6, 6.07) is 8.78. The van der Waals surface area contributed by atoms with Crippen molar-refractivity contribution in [1.29, 1.82) is 0 Å². The third-order valence-electron chi connectivity index (χ3n) is 4.84. The van der Waals surface area contributed by atoms with Crippen LogP contribution < -0.4 is 5.32 Å². The van der Waals surface area contributed by atoms with Crippen molar-refractivity contribution in [3.63, 3.8) is 0 Å². The zero-order valence-electron chi connectivity index (χ0n) is 13.4. The van der Waals surface area contributed by atoms with Crippen LogP contribution >= 0.6 is 27.7 Å². The SMILES string of the molecule is O=C1CS[C@H](c2ccc(Br)cc2)c2cnn(C3CCCCC3)c2N1. The molecule has 2 aromatic rings. The molecule has 0 spiro atoms. The quantitative estimate of drug-likeness (QED) is 0.770. The number of nitrogens with zero attached hydrogens (tertiary/aromatic N) is 2. The fraction of sp³-hybridized carbons (Fsp3) is 0.444. The molecule has 1 aromatic carbocycles. The molecular formula is C18H20BrN3OS. The van der Waals surface area contributed by atoms with Gasteiger partial charge >= 0.3 is 0 Å². The minimum Gasteiger partial charge on any atom is -0.310 e. The van der Waals surface area contributed by atoms with Crippen LogP contribution in [-0.4, -0.2) is 21.4 Å². The number of hydrogen-bond acceptors (Lipinski definition) is 3. The molecular weight excluding hydrogens is 386 g/mol. The summed E-state index contributed by atoms with van der Waals surface area (Å²) in [6.45, 7) is 0. The minimum atomic E-state index is 0.0680. The fourth-order valence-electron chi connectivity index (χ4n) is 3.63. The van der Waals surface area contributed by atoms with Crippen LogP contribution in [0.15, 0.2) is 34.9 Å². The second kappa shape index (κ2) is 6.92. The zero-order chi connectivity index (χ0) is 16.5. The number of amides is 1. The highest BCUT2D eigenvalue weighted by Crippen LogP contribution is 2.43. The second-order valence-electron chi connectivity index (χ2n) is 6.48. The van der Waals surface area contributed by atoms with E-state index in [4.69, 9.17) is 0 Å². The van der Waals surface area contributed by atoms with Gasteiger partial charge in [-0.1, -0.05) is 47.3 Å². The first-order valence-electron chi connectivity index (χ1n) is 8.46. The van der Waals surface area contributed by atoms with E-state index in [1.807, 2.05) is 6.20 Å². The molecule has 6 heteroatoms. The highest BCUT2D eigenvalue weighted by molar-refractivity contribution is 9.10. The van der Waals surface area contributed by atoms with Gasteiger partial charge in [-0.3, -0.25) is 4.79 Å². The molecule has 1 fully saturated rings. The molecule has 2 heterocycles. The topological polar surface area (TPSA) is 46.9 Å². The van der Waals surface area contributed by atoms with Gasteiger partial charge in [0.2, 0.25) is 5.91 Å². The largest absolute Gasteiger partial charge is 0.310 e. The molecule has 1 atom stereocenters. The summed E-state index contributed by atoms with van der Waals surface area (Å²) in [4.78, 5) is 12.2. The first kappa shape index (κ1) is 16.2. The molecule has 0 unspecified atom stereocenters. The normalized spacial score (nSPS) is 21.9. The number of thioether (sulfide) groups is 1. The molecule has 1 amide bonds. The minimum absolute atomic E-state index is 0.0680. The number of carbonyl (C=O) groups excluding carboxylic acids is 1. The van der Waals surface area contributed by atoms with E-state index in [0.717, 1.165) is 28.7 Å². The third-order valence-corrected chi connectivity index (χ3v) is 6.66. The second-order valence-corrected chi connectivity index (χ2v) is 8.48. The van der Waals surface area contributed by atoms with Gasteiger partial charge in [0.15, 0.2) is 0 Å². The van der Waals surface area contributed by atoms with E-state index in [2.05, 4.69) is 55.3 Å². The average molecular weight is 406 g/mol. The van der Waals surface area contributed by atoms with Crippen molar-refractivity contribution in [2.24, 2.45) is 0 Å². The lowest BCUT2D eigenvalue weighted by molar-refractivity contribution is -0.113. The van der Waals surface area contributed by atoms with Crippen LogP contribution in [0.4, 0.5) is 5.82 Å². The predicted molar refractivity (Wildman–Crippen MR) is 101 cm³/mol. The Morgan fingerprint density at radius 1 is 1.17 bits per heavy atom. The molecule has 4 nitrogen and oxygen atoms in total. The monoisotopic (exact) mass is 405 g/mol. The number of anilines is 1. The lowest BCUT2D eigenvalue weighted by atomic mass is 9.95. The van der Waals surface area contributed by atoms with E-state index in [0.29, 0.717) is 11.8 Å². The van der Waals surface area contributed by atoms with Crippen molar-refractivity contribution in [3.8, 4) is 0 Å². The molecule has 1 saturated carbocycles. The van der Waals surface area contributed by atoms with Crippen molar-refractivity contribution in [2.75, 3.05) is 11.1 Å². The Morgan fingerprint density at radius 2 is 1.92 bits per heavy atom. The van der Waals surface area contributed by atoms with Crippen molar-refractivity contribution < 1.29 is 4.79 Å². The Bertz CT molecular complexity index is 737. The smallest absolute Gasteiger partial charge is 0.235 e. The number of fused-ring (bicyclic) bond motifs is 1.